The lowest BCUT2D eigenvalue weighted by atomic mass is 9.93. The molecule has 2 aliphatic rings. The highest BCUT2D eigenvalue weighted by Gasteiger charge is 2.27. The number of ether oxygens (including phenoxy) is 2. The van der Waals surface area contributed by atoms with Crippen LogP contribution < -0.4 is 14.8 Å². The number of methoxy groups -OCH3 is 1. The summed E-state index contributed by atoms with van der Waals surface area (Å²) in [6.07, 6.45) is 11.6. The molecule has 0 aliphatic heterocycles. The summed E-state index contributed by atoms with van der Waals surface area (Å²) < 4.78 is 11.0. The number of rotatable bonds is 7. The summed E-state index contributed by atoms with van der Waals surface area (Å²) in [5.74, 6) is 1.04. The van der Waals surface area contributed by atoms with Gasteiger partial charge >= 0.3 is 0 Å². The molecule has 1 heterocycles. The Labute approximate surface area is 193 Å². The fourth-order valence-electron chi connectivity index (χ4n) is 4.56. The summed E-state index contributed by atoms with van der Waals surface area (Å²) in [7, 11) is 1.57. The molecule has 1 aromatic heterocycles. The second-order valence-electron chi connectivity index (χ2n) is 8.28. The van der Waals surface area contributed by atoms with Gasteiger partial charge in [0.25, 0.3) is 5.91 Å². The summed E-state index contributed by atoms with van der Waals surface area (Å²) in [6.45, 7) is -0.0798. The van der Waals surface area contributed by atoms with Gasteiger partial charge in [0.2, 0.25) is 0 Å². The number of hydrogen-bond donors (Lipinski definition) is 1. The minimum absolute atomic E-state index is 0.00930. The number of nitrogens with zero attached hydrogens (tertiary/aromatic N) is 2. The van der Waals surface area contributed by atoms with Gasteiger partial charge in [-0.15, -0.1) is 11.3 Å². The van der Waals surface area contributed by atoms with E-state index in [1.807, 2.05) is 18.2 Å². The van der Waals surface area contributed by atoms with Crippen molar-refractivity contribution in [2.45, 2.75) is 63.8 Å². The molecular formula is C25H29N3O3S. The summed E-state index contributed by atoms with van der Waals surface area (Å²) in [5, 5.41) is 13.0. The molecule has 0 bridgehead atoms. The number of carbonyl (C=O) groups excluding carboxylic acids is 1. The molecule has 1 fully saturated rings. The Morgan fingerprint density at radius 1 is 1.25 bits per heavy atom. The molecule has 1 amide bonds. The molecule has 0 spiro atoms. The predicted molar refractivity (Wildman–Crippen MR) is 127 cm³/mol. The molecule has 0 atom stereocenters. The molecular weight excluding hydrogens is 422 g/mol. The minimum atomic E-state index is -0.0798. The largest absolute Gasteiger partial charge is 0.493 e. The van der Waals surface area contributed by atoms with Crippen LogP contribution in [0.2, 0.25) is 0 Å². The Hall–Kier alpha value is -2.85. The molecule has 6 nitrogen and oxygen atoms in total. The maximum Gasteiger partial charge on any atom is 0.254 e. The van der Waals surface area contributed by atoms with Gasteiger partial charge in [-0.1, -0.05) is 25.3 Å². The molecule has 1 N–H and O–H groups in total. The van der Waals surface area contributed by atoms with Crippen LogP contribution in [-0.4, -0.2) is 31.9 Å². The highest BCUT2D eigenvalue weighted by Crippen LogP contribution is 2.40. The van der Waals surface area contributed by atoms with Gasteiger partial charge in [-0.25, -0.2) is 4.99 Å². The molecule has 0 radical (unpaired) electrons. The van der Waals surface area contributed by atoms with Crippen LogP contribution in [0.3, 0.4) is 0 Å². The lowest BCUT2D eigenvalue weighted by Gasteiger charge is -2.23. The smallest absolute Gasteiger partial charge is 0.254 e. The van der Waals surface area contributed by atoms with Crippen molar-refractivity contribution in [1.82, 2.24) is 5.32 Å². The molecule has 7 heteroatoms. The summed E-state index contributed by atoms with van der Waals surface area (Å²) in [6, 6.07) is 7.77. The maximum absolute atomic E-state index is 13.3. The average molecular weight is 452 g/mol. The standard InChI is InChI=1S/C25H29N3O3S/c1-30-20-12-7-8-17(23(20)31-15-14-26)16-27-25-22(19-11-5-6-13-21(19)32-25)24(29)28-18-9-3-2-4-10-18/h7-8,12,16,18H,2-6,9-11,13,15H2,1H3,(H,28,29). The minimum Gasteiger partial charge on any atom is -0.493 e. The van der Waals surface area contributed by atoms with Crippen LogP contribution in [0, 0.1) is 11.3 Å². The fourth-order valence-corrected chi connectivity index (χ4v) is 5.79. The van der Waals surface area contributed by atoms with Crippen LogP contribution in [0.25, 0.3) is 0 Å². The van der Waals surface area contributed by atoms with Gasteiger partial charge in [0.1, 0.15) is 11.1 Å². The fraction of sp³-hybridized carbons (Fsp3) is 0.480. The first-order valence-electron chi connectivity index (χ1n) is 11.4. The zero-order chi connectivity index (χ0) is 22.3. The van der Waals surface area contributed by atoms with Crippen molar-refractivity contribution in [3.8, 4) is 17.6 Å². The number of para-hydroxylation sites is 1. The third kappa shape index (κ3) is 4.97. The van der Waals surface area contributed by atoms with Crippen LogP contribution in [0.4, 0.5) is 5.00 Å². The van der Waals surface area contributed by atoms with E-state index in [9.17, 15) is 4.79 Å². The SMILES string of the molecule is COc1cccc(C=Nc2sc3c(c2C(=O)NC2CCCCC2)CCCC3)c1OCC#N. The number of fused-ring (bicyclic) bond motifs is 1. The zero-order valence-electron chi connectivity index (χ0n) is 18.5. The van der Waals surface area contributed by atoms with Crippen molar-refractivity contribution in [1.29, 1.82) is 5.26 Å². The van der Waals surface area contributed by atoms with E-state index < -0.39 is 0 Å². The number of hydrogen-bond acceptors (Lipinski definition) is 6. The van der Waals surface area contributed by atoms with Crippen molar-refractivity contribution >= 4 is 28.5 Å². The molecule has 1 aromatic carbocycles. The van der Waals surface area contributed by atoms with Gasteiger partial charge in [0, 0.05) is 22.7 Å². The van der Waals surface area contributed by atoms with Crippen molar-refractivity contribution in [2.24, 2.45) is 4.99 Å². The van der Waals surface area contributed by atoms with E-state index in [0.29, 0.717) is 17.1 Å². The zero-order valence-corrected chi connectivity index (χ0v) is 19.3. The Bertz CT molecular complexity index is 1030. The van der Waals surface area contributed by atoms with E-state index >= 15 is 0 Å². The number of aliphatic imine (C=N–C) groups is 1. The van der Waals surface area contributed by atoms with Crippen LogP contribution in [-0.2, 0) is 12.8 Å². The Morgan fingerprint density at radius 3 is 2.84 bits per heavy atom. The van der Waals surface area contributed by atoms with Gasteiger partial charge in [-0.05, 0) is 56.2 Å². The van der Waals surface area contributed by atoms with Gasteiger partial charge < -0.3 is 14.8 Å². The topological polar surface area (TPSA) is 83.7 Å². The summed E-state index contributed by atoms with van der Waals surface area (Å²) in [5.41, 5.74) is 2.63. The van der Waals surface area contributed by atoms with Gasteiger partial charge in [0.15, 0.2) is 18.1 Å². The van der Waals surface area contributed by atoms with Crippen LogP contribution in [0.5, 0.6) is 11.5 Å². The molecule has 4 rings (SSSR count). The van der Waals surface area contributed by atoms with Crippen molar-refractivity contribution in [3.63, 3.8) is 0 Å². The average Bonchev–Trinajstić information content (AvgIpc) is 3.20. The third-order valence-electron chi connectivity index (χ3n) is 6.15. The van der Waals surface area contributed by atoms with E-state index in [1.54, 1.807) is 30.7 Å². The third-order valence-corrected chi connectivity index (χ3v) is 7.35. The number of thiophene rings is 1. The van der Waals surface area contributed by atoms with Gasteiger partial charge in [-0.2, -0.15) is 5.26 Å². The Morgan fingerprint density at radius 2 is 2.06 bits per heavy atom. The molecule has 0 saturated heterocycles. The highest BCUT2D eigenvalue weighted by atomic mass is 32.1. The van der Waals surface area contributed by atoms with E-state index in [4.69, 9.17) is 19.7 Å². The summed E-state index contributed by atoms with van der Waals surface area (Å²) in [4.78, 5) is 19.4. The second kappa shape index (κ2) is 10.6. The molecule has 32 heavy (non-hydrogen) atoms. The normalized spacial score (nSPS) is 16.4. The molecule has 2 aliphatic carbocycles. The van der Waals surface area contributed by atoms with Crippen molar-refractivity contribution < 1.29 is 14.3 Å². The van der Waals surface area contributed by atoms with Gasteiger partial charge in [0.05, 0.1) is 12.7 Å². The molecule has 0 unspecified atom stereocenters. The lowest BCUT2D eigenvalue weighted by Crippen LogP contribution is -2.36. The number of nitrogens with one attached hydrogen (secondary N) is 1. The monoisotopic (exact) mass is 451 g/mol. The Kier molecular flexibility index (Phi) is 7.43. The molecule has 2 aromatic rings. The van der Waals surface area contributed by atoms with Crippen LogP contribution >= 0.6 is 11.3 Å². The number of aryl methyl sites for hydroxylation is 1. The number of benzene rings is 1. The first-order valence-corrected chi connectivity index (χ1v) is 12.2. The quantitative estimate of drug-likeness (QED) is 0.575. The molecule has 168 valence electrons. The van der Waals surface area contributed by atoms with E-state index in [1.165, 1.54) is 29.7 Å². The first kappa shape index (κ1) is 22.3. The Balaban J connectivity index is 1.65. The first-order chi connectivity index (χ1) is 15.7. The van der Waals surface area contributed by atoms with E-state index in [2.05, 4.69) is 5.32 Å². The van der Waals surface area contributed by atoms with E-state index in [-0.39, 0.29) is 18.6 Å². The maximum atomic E-state index is 13.3. The number of amides is 1. The number of nitriles is 1. The van der Waals surface area contributed by atoms with E-state index in [0.717, 1.165) is 49.1 Å². The highest BCUT2D eigenvalue weighted by molar-refractivity contribution is 7.16. The van der Waals surface area contributed by atoms with Crippen molar-refractivity contribution in [3.05, 3.63) is 39.8 Å². The van der Waals surface area contributed by atoms with Crippen LogP contribution in [0.1, 0.15) is 71.3 Å². The van der Waals surface area contributed by atoms with Gasteiger partial charge in [-0.3, -0.25) is 4.79 Å². The number of carbonyl (C=O) groups is 1. The molecule has 1 saturated carbocycles. The summed E-state index contributed by atoms with van der Waals surface area (Å²) >= 11 is 1.62. The predicted octanol–water partition coefficient (Wildman–Crippen LogP) is 5.35. The van der Waals surface area contributed by atoms with Crippen molar-refractivity contribution in [2.75, 3.05) is 13.7 Å². The second-order valence-corrected chi connectivity index (χ2v) is 9.37. The lowest BCUT2D eigenvalue weighted by molar-refractivity contribution is 0.0927. The van der Waals surface area contributed by atoms with Crippen LogP contribution in [0.15, 0.2) is 23.2 Å².